The van der Waals surface area contributed by atoms with Gasteiger partial charge in [0.05, 0.1) is 10.5 Å². The molecular formula is C19H22N2O5S. The average molecular weight is 390 g/mol. The summed E-state index contributed by atoms with van der Waals surface area (Å²) in [6.07, 6.45) is 0.661. The van der Waals surface area contributed by atoms with Gasteiger partial charge in [-0.2, -0.15) is 0 Å². The van der Waals surface area contributed by atoms with Crippen LogP contribution in [0.2, 0.25) is 0 Å². The number of anilines is 1. The predicted molar refractivity (Wildman–Crippen MR) is 103 cm³/mol. The van der Waals surface area contributed by atoms with Gasteiger partial charge in [0.15, 0.2) is 0 Å². The molecule has 0 heterocycles. The van der Waals surface area contributed by atoms with Crippen LogP contribution in [0.5, 0.6) is 0 Å². The van der Waals surface area contributed by atoms with Crippen molar-refractivity contribution in [2.75, 3.05) is 5.32 Å². The van der Waals surface area contributed by atoms with E-state index in [0.29, 0.717) is 17.7 Å². The Labute approximate surface area is 158 Å². The highest BCUT2D eigenvalue weighted by atomic mass is 32.2. The van der Waals surface area contributed by atoms with Gasteiger partial charge in [-0.25, -0.2) is 17.9 Å². The fraction of sp³-hybridized carbons (Fsp3) is 0.263. The smallest absolute Gasteiger partial charge is 0.336 e. The number of benzene rings is 2. The minimum Gasteiger partial charge on any atom is -0.478 e. The molecule has 0 aliphatic rings. The van der Waals surface area contributed by atoms with Gasteiger partial charge in [-0.15, -0.1) is 0 Å². The summed E-state index contributed by atoms with van der Waals surface area (Å²) >= 11 is 0. The van der Waals surface area contributed by atoms with Crippen LogP contribution in [0, 0.1) is 6.92 Å². The van der Waals surface area contributed by atoms with E-state index in [1.165, 1.54) is 30.3 Å². The third kappa shape index (κ3) is 5.15. The molecule has 0 aliphatic heterocycles. The van der Waals surface area contributed by atoms with Gasteiger partial charge in [0, 0.05) is 17.3 Å². The van der Waals surface area contributed by atoms with E-state index < -0.39 is 21.9 Å². The molecule has 0 saturated heterocycles. The summed E-state index contributed by atoms with van der Waals surface area (Å²) in [7, 11) is -3.64. The lowest BCUT2D eigenvalue weighted by Gasteiger charge is -2.12. The number of aromatic carboxylic acids is 1. The van der Waals surface area contributed by atoms with Gasteiger partial charge in [-0.05, 0) is 62.2 Å². The molecule has 7 nitrogen and oxygen atoms in total. The number of hydrogen-bond donors (Lipinski definition) is 3. The Hall–Kier alpha value is -2.71. The molecule has 8 heteroatoms. The molecule has 2 aromatic rings. The lowest BCUT2D eigenvalue weighted by molar-refractivity contribution is 0.0695. The van der Waals surface area contributed by atoms with Crippen LogP contribution in [0.3, 0.4) is 0 Å². The second kappa shape index (κ2) is 8.32. The van der Waals surface area contributed by atoms with E-state index >= 15 is 0 Å². The second-order valence-corrected chi connectivity index (χ2v) is 7.96. The maximum absolute atomic E-state index is 12.3. The SMILES string of the molecule is CCC(C)NS(=O)(=O)c1ccc(C(=O)Nc2ccc(C)c(C(=O)O)c2)cc1. The van der Waals surface area contributed by atoms with Crippen LogP contribution in [-0.4, -0.2) is 31.4 Å². The molecule has 0 fully saturated rings. The lowest BCUT2D eigenvalue weighted by Crippen LogP contribution is -2.32. The Kier molecular flexibility index (Phi) is 6.35. The Morgan fingerprint density at radius 1 is 1.11 bits per heavy atom. The fourth-order valence-corrected chi connectivity index (χ4v) is 3.66. The van der Waals surface area contributed by atoms with E-state index in [2.05, 4.69) is 10.0 Å². The standard InChI is InChI=1S/C19H22N2O5S/c1-4-13(3)21-27(25,26)16-9-6-14(7-10-16)18(22)20-15-8-5-12(2)17(11-15)19(23)24/h5-11,13,21H,4H2,1-3H3,(H,20,22)(H,23,24). The Balaban J connectivity index is 2.17. The fourth-order valence-electron chi connectivity index (χ4n) is 2.34. The molecule has 27 heavy (non-hydrogen) atoms. The highest BCUT2D eigenvalue weighted by molar-refractivity contribution is 7.89. The zero-order chi connectivity index (χ0) is 20.2. The van der Waals surface area contributed by atoms with Crippen LogP contribution in [-0.2, 0) is 10.0 Å². The number of nitrogens with one attached hydrogen (secondary N) is 2. The largest absolute Gasteiger partial charge is 0.478 e. The Morgan fingerprint density at radius 3 is 2.30 bits per heavy atom. The molecule has 0 spiro atoms. The third-order valence-corrected chi connectivity index (χ3v) is 5.73. The first-order chi connectivity index (χ1) is 12.6. The van der Waals surface area contributed by atoms with E-state index in [1.807, 2.05) is 6.92 Å². The number of aryl methyl sites for hydroxylation is 1. The van der Waals surface area contributed by atoms with Crippen LogP contribution in [0.1, 0.15) is 46.5 Å². The molecule has 0 saturated carbocycles. The van der Waals surface area contributed by atoms with Crippen molar-refractivity contribution in [1.82, 2.24) is 4.72 Å². The molecule has 2 aromatic carbocycles. The maximum Gasteiger partial charge on any atom is 0.336 e. The summed E-state index contributed by atoms with van der Waals surface area (Å²) in [6.45, 7) is 5.31. The van der Waals surface area contributed by atoms with Gasteiger partial charge in [-0.1, -0.05) is 13.0 Å². The van der Waals surface area contributed by atoms with Crippen molar-refractivity contribution in [1.29, 1.82) is 0 Å². The van der Waals surface area contributed by atoms with Gasteiger partial charge in [0.25, 0.3) is 5.91 Å². The second-order valence-electron chi connectivity index (χ2n) is 6.24. The zero-order valence-corrected chi connectivity index (χ0v) is 16.1. The van der Waals surface area contributed by atoms with E-state index in [1.54, 1.807) is 26.0 Å². The topological polar surface area (TPSA) is 113 Å². The number of sulfonamides is 1. The van der Waals surface area contributed by atoms with Crippen molar-refractivity contribution in [3.63, 3.8) is 0 Å². The summed E-state index contributed by atoms with van der Waals surface area (Å²) in [4.78, 5) is 23.6. The van der Waals surface area contributed by atoms with E-state index in [-0.39, 0.29) is 22.1 Å². The van der Waals surface area contributed by atoms with E-state index in [4.69, 9.17) is 5.11 Å². The van der Waals surface area contributed by atoms with Gasteiger partial charge in [0.1, 0.15) is 0 Å². The maximum atomic E-state index is 12.3. The van der Waals surface area contributed by atoms with Crippen molar-refractivity contribution < 1.29 is 23.1 Å². The normalized spacial score (nSPS) is 12.4. The van der Waals surface area contributed by atoms with Gasteiger partial charge in [-0.3, -0.25) is 4.79 Å². The summed E-state index contributed by atoms with van der Waals surface area (Å²) in [5.41, 5.74) is 1.29. The van der Waals surface area contributed by atoms with Crippen LogP contribution in [0.4, 0.5) is 5.69 Å². The number of carboxylic acid groups (broad SMARTS) is 1. The first kappa shape index (κ1) is 20.6. The summed E-state index contributed by atoms with van der Waals surface area (Å²) in [6, 6.07) is 9.94. The number of hydrogen-bond acceptors (Lipinski definition) is 4. The summed E-state index contributed by atoms with van der Waals surface area (Å²) < 4.78 is 27.0. The number of carboxylic acids is 1. The Bertz CT molecular complexity index is 953. The molecular weight excluding hydrogens is 368 g/mol. The van der Waals surface area contributed by atoms with Crippen molar-refractivity contribution in [3.05, 3.63) is 59.2 Å². The Morgan fingerprint density at radius 2 is 1.74 bits per heavy atom. The summed E-state index contributed by atoms with van der Waals surface area (Å²) in [5, 5.41) is 11.8. The number of carbonyl (C=O) groups excluding carboxylic acids is 1. The molecule has 1 atom stereocenters. The quantitative estimate of drug-likeness (QED) is 0.673. The molecule has 1 amide bonds. The predicted octanol–water partition coefficient (Wildman–Crippen LogP) is 3.02. The lowest BCUT2D eigenvalue weighted by atomic mass is 10.1. The molecule has 0 aromatic heterocycles. The van der Waals surface area contributed by atoms with Crippen molar-refractivity contribution in [2.45, 2.75) is 38.1 Å². The number of amides is 1. The first-order valence-corrected chi connectivity index (χ1v) is 9.90. The minimum absolute atomic E-state index is 0.0721. The van der Waals surface area contributed by atoms with Crippen molar-refractivity contribution in [3.8, 4) is 0 Å². The highest BCUT2D eigenvalue weighted by Gasteiger charge is 2.17. The van der Waals surface area contributed by atoms with Crippen molar-refractivity contribution >= 4 is 27.6 Å². The number of carbonyl (C=O) groups is 2. The van der Waals surface area contributed by atoms with Crippen LogP contribution in [0.15, 0.2) is 47.4 Å². The number of rotatable bonds is 7. The molecule has 1 unspecified atom stereocenters. The molecule has 0 aliphatic carbocycles. The van der Waals surface area contributed by atoms with Crippen LogP contribution in [0.25, 0.3) is 0 Å². The molecule has 3 N–H and O–H groups in total. The molecule has 144 valence electrons. The monoisotopic (exact) mass is 390 g/mol. The third-order valence-electron chi connectivity index (χ3n) is 4.12. The van der Waals surface area contributed by atoms with Gasteiger partial charge < -0.3 is 10.4 Å². The zero-order valence-electron chi connectivity index (χ0n) is 15.3. The summed E-state index contributed by atoms with van der Waals surface area (Å²) in [5.74, 6) is -1.54. The highest BCUT2D eigenvalue weighted by Crippen LogP contribution is 2.17. The van der Waals surface area contributed by atoms with Gasteiger partial charge >= 0.3 is 5.97 Å². The van der Waals surface area contributed by atoms with Crippen LogP contribution < -0.4 is 10.0 Å². The van der Waals surface area contributed by atoms with Crippen molar-refractivity contribution in [2.24, 2.45) is 0 Å². The van der Waals surface area contributed by atoms with Crippen LogP contribution >= 0.6 is 0 Å². The van der Waals surface area contributed by atoms with E-state index in [0.717, 1.165) is 0 Å². The van der Waals surface area contributed by atoms with Gasteiger partial charge in [0.2, 0.25) is 10.0 Å². The molecule has 0 bridgehead atoms. The average Bonchev–Trinajstić information content (AvgIpc) is 2.62. The van der Waals surface area contributed by atoms with E-state index in [9.17, 15) is 18.0 Å². The minimum atomic E-state index is -3.64. The molecule has 0 radical (unpaired) electrons. The first-order valence-electron chi connectivity index (χ1n) is 8.41. The molecule has 2 rings (SSSR count).